The highest BCUT2D eigenvalue weighted by Gasteiger charge is 2.28. The van der Waals surface area contributed by atoms with E-state index in [0.717, 1.165) is 25.7 Å². The van der Waals surface area contributed by atoms with Crippen molar-refractivity contribution in [1.29, 1.82) is 0 Å². The molecule has 0 aromatic rings. The van der Waals surface area contributed by atoms with Crippen LogP contribution in [0, 0.1) is 0 Å². The van der Waals surface area contributed by atoms with Gasteiger partial charge in [-0.3, -0.25) is 4.90 Å². The molecule has 0 aliphatic heterocycles. The lowest BCUT2D eigenvalue weighted by Gasteiger charge is -2.27. The van der Waals surface area contributed by atoms with E-state index in [9.17, 15) is 13.2 Å². The third kappa shape index (κ3) is 6.24. The third-order valence-corrected chi connectivity index (χ3v) is 3.02. The zero-order valence-corrected chi connectivity index (χ0v) is 9.88. The molecular formula is C11H20F3NO2. The molecule has 0 atom stereocenters. The molecular weight excluding hydrogens is 235 g/mol. The molecule has 1 saturated carbocycles. The van der Waals surface area contributed by atoms with Crippen LogP contribution < -0.4 is 0 Å². The van der Waals surface area contributed by atoms with Crippen LogP contribution in [0.4, 0.5) is 13.2 Å². The molecule has 0 bridgehead atoms. The summed E-state index contributed by atoms with van der Waals surface area (Å²) in [5.41, 5.74) is 0. The average molecular weight is 255 g/mol. The summed E-state index contributed by atoms with van der Waals surface area (Å²) >= 11 is 0. The molecule has 1 N–H and O–H groups in total. The van der Waals surface area contributed by atoms with Gasteiger partial charge < -0.3 is 9.84 Å². The summed E-state index contributed by atoms with van der Waals surface area (Å²) in [5.74, 6) is 0. The van der Waals surface area contributed by atoms with E-state index >= 15 is 0 Å². The van der Waals surface area contributed by atoms with Crippen LogP contribution in [-0.4, -0.2) is 55.1 Å². The average Bonchev–Trinajstić information content (AvgIpc) is 2.74. The van der Waals surface area contributed by atoms with E-state index in [1.54, 1.807) is 0 Å². The summed E-state index contributed by atoms with van der Waals surface area (Å²) in [5, 5.41) is 8.92. The SMILES string of the molecule is OCCN(CCOCC(F)(F)F)C1CCCC1. The van der Waals surface area contributed by atoms with Crippen LogP contribution in [0.5, 0.6) is 0 Å². The first kappa shape index (κ1) is 14.7. The van der Waals surface area contributed by atoms with Gasteiger partial charge in [0.25, 0.3) is 0 Å². The van der Waals surface area contributed by atoms with Gasteiger partial charge in [-0.2, -0.15) is 13.2 Å². The fourth-order valence-corrected chi connectivity index (χ4v) is 2.24. The summed E-state index contributed by atoms with van der Waals surface area (Å²) in [4.78, 5) is 2.03. The molecule has 0 heterocycles. The van der Waals surface area contributed by atoms with Crippen molar-refractivity contribution < 1.29 is 23.0 Å². The molecule has 0 unspecified atom stereocenters. The van der Waals surface area contributed by atoms with E-state index in [1.165, 1.54) is 0 Å². The second kappa shape index (κ2) is 7.18. The predicted octanol–water partition coefficient (Wildman–Crippen LogP) is 1.80. The van der Waals surface area contributed by atoms with Crippen LogP contribution in [0.3, 0.4) is 0 Å². The maximum Gasteiger partial charge on any atom is 0.411 e. The lowest BCUT2D eigenvalue weighted by molar-refractivity contribution is -0.174. The Morgan fingerprint density at radius 2 is 1.82 bits per heavy atom. The lowest BCUT2D eigenvalue weighted by Crippen LogP contribution is -2.38. The predicted molar refractivity (Wildman–Crippen MR) is 57.8 cm³/mol. The van der Waals surface area contributed by atoms with Gasteiger partial charge in [-0.25, -0.2) is 0 Å². The minimum Gasteiger partial charge on any atom is -0.395 e. The first-order chi connectivity index (χ1) is 8.03. The molecule has 17 heavy (non-hydrogen) atoms. The van der Waals surface area contributed by atoms with Crippen LogP contribution in [-0.2, 0) is 4.74 Å². The Bertz CT molecular complexity index is 205. The third-order valence-electron chi connectivity index (χ3n) is 3.02. The van der Waals surface area contributed by atoms with E-state index in [4.69, 9.17) is 5.11 Å². The van der Waals surface area contributed by atoms with Crippen LogP contribution in [0.25, 0.3) is 0 Å². The number of nitrogens with zero attached hydrogens (tertiary/aromatic N) is 1. The van der Waals surface area contributed by atoms with Gasteiger partial charge in [-0.15, -0.1) is 0 Å². The Kier molecular flexibility index (Phi) is 6.22. The smallest absolute Gasteiger partial charge is 0.395 e. The van der Waals surface area contributed by atoms with Crippen LogP contribution in [0.15, 0.2) is 0 Å². The van der Waals surface area contributed by atoms with Gasteiger partial charge in [0.15, 0.2) is 0 Å². The number of hydrogen-bond acceptors (Lipinski definition) is 3. The van der Waals surface area contributed by atoms with Crippen molar-refractivity contribution in [2.45, 2.75) is 37.9 Å². The highest BCUT2D eigenvalue weighted by atomic mass is 19.4. The van der Waals surface area contributed by atoms with Crippen molar-refractivity contribution in [1.82, 2.24) is 4.90 Å². The Morgan fingerprint density at radius 3 is 2.35 bits per heavy atom. The first-order valence-corrected chi connectivity index (χ1v) is 6.02. The van der Waals surface area contributed by atoms with Crippen molar-refractivity contribution >= 4 is 0 Å². The lowest BCUT2D eigenvalue weighted by atomic mass is 10.2. The summed E-state index contributed by atoms with van der Waals surface area (Å²) in [6, 6.07) is 0.400. The normalized spacial score (nSPS) is 18.2. The largest absolute Gasteiger partial charge is 0.411 e. The maximum absolute atomic E-state index is 11.9. The van der Waals surface area contributed by atoms with Gasteiger partial charge in [0.1, 0.15) is 6.61 Å². The fraction of sp³-hybridized carbons (Fsp3) is 1.00. The summed E-state index contributed by atoms with van der Waals surface area (Å²) in [6.07, 6.45) is 0.208. The molecule has 0 amide bonds. The van der Waals surface area contributed by atoms with Crippen LogP contribution in [0.1, 0.15) is 25.7 Å². The number of hydrogen-bond donors (Lipinski definition) is 1. The standard InChI is InChI=1S/C11H20F3NO2/c12-11(13,14)9-17-8-6-15(5-7-16)10-3-1-2-4-10/h10,16H,1-9H2. The second-order valence-electron chi connectivity index (χ2n) is 4.37. The molecule has 1 rings (SSSR count). The quantitative estimate of drug-likeness (QED) is 0.704. The van der Waals surface area contributed by atoms with E-state index in [2.05, 4.69) is 4.74 Å². The maximum atomic E-state index is 11.9. The van der Waals surface area contributed by atoms with Crippen molar-refractivity contribution in [2.75, 3.05) is 32.9 Å². The van der Waals surface area contributed by atoms with Gasteiger partial charge in [0, 0.05) is 19.1 Å². The van der Waals surface area contributed by atoms with Crippen LogP contribution in [0.2, 0.25) is 0 Å². The number of ether oxygens (including phenoxy) is 1. The summed E-state index contributed by atoms with van der Waals surface area (Å²) in [7, 11) is 0. The molecule has 0 aromatic heterocycles. The van der Waals surface area contributed by atoms with E-state index in [0.29, 0.717) is 19.1 Å². The number of alkyl halides is 3. The molecule has 1 aliphatic carbocycles. The molecule has 1 aliphatic rings. The Labute approximate surface area is 99.5 Å². The minimum absolute atomic E-state index is 0.0375. The zero-order chi connectivity index (χ0) is 12.7. The Morgan fingerprint density at radius 1 is 1.18 bits per heavy atom. The number of aliphatic hydroxyl groups is 1. The monoisotopic (exact) mass is 255 g/mol. The minimum atomic E-state index is -4.25. The van der Waals surface area contributed by atoms with Gasteiger partial charge >= 0.3 is 6.18 Å². The topological polar surface area (TPSA) is 32.7 Å². The van der Waals surface area contributed by atoms with Crippen molar-refractivity contribution in [2.24, 2.45) is 0 Å². The number of halogens is 3. The molecule has 102 valence electrons. The first-order valence-electron chi connectivity index (χ1n) is 6.02. The highest BCUT2D eigenvalue weighted by molar-refractivity contribution is 4.77. The number of rotatable bonds is 7. The Hall–Kier alpha value is -0.330. The van der Waals surface area contributed by atoms with Crippen LogP contribution >= 0.6 is 0 Å². The Balaban J connectivity index is 2.20. The van der Waals surface area contributed by atoms with Gasteiger partial charge in [-0.05, 0) is 12.8 Å². The van der Waals surface area contributed by atoms with Gasteiger partial charge in [-0.1, -0.05) is 12.8 Å². The number of aliphatic hydroxyl groups excluding tert-OH is 1. The van der Waals surface area contributed by atoms with Gasteiger partial charge in [0.05, 0.1) is 13.2 Å². The van der Waals surface area contributed by atoms with Crippen molar-refractivity contribution in [3.63, 3.8) is 0 Å². The van der Waals surface area contributed by atoms with Gasteiger partial charge in [0.2, 0.25) is 0 Å². The van der Waals surface area contributed by atoms with E-state index in [1.807, 2.05) is 4.90 Å². The van der Waals surface area contributed by atoms with Crippen molar-refractivity contribution in [3.8, 4) is 0 Å². The molecule has 0 spiro atoms. The zero-order valence-electron chi connectivity index (χ0n) is 9.88. The summed E-state index contributed by atoms with van der Waals surface area (Å²) in [6.45, 7) is -0.113. The second-order valence-corrected chi connectivity index (χ2v) is 4.37. The molecule has 0 saturated heterocycles. The fourth-order valence-electron chi connectivity index (χ4n) is 2.24. The summed E-state index contributed by atoms with van der Waals surface area (Å²) < 4.78 is 40.1. The van der Waals surface area contributed by atoms with E-state index in [-0.39, 0.29) is 13.2 Å². The molecule has 0 radical (unpaired) electrons. The van der Waals surface area contributed by atoms with E-state index < -0.39 is 12.8 Å². The molecule has 6 heteroatoms. The highest BCUT2D eigenvalue weighted by Crippen LogP contribution is 2.23. The molecule has 1 fully saturated rings. The molecule has 0 aromatic carbocycles. The van der Waals surface area contributed by atoms with Crippen molar-refractivity contribution in [3.05, 3.63) is 0 Å². The molecule has 3 nitrogen and oxygen atoms in total.